The molecule has 6 fully saturated rings. The topological polar surface area (TPSA) is 90.2 Å². The molecule has 2 spiro atoms. The van der Waals surface area contributed by atoms with Crippen LogP contribution < -0.4 is 0 Å². The maximum atomic E-state index is 15.0. The molecule has 0 heterocycles. The monoisotopic (exact) mass is 815 g/mol. The summed E-state index contributed by atoms with van der Waals surface area (Å²) in [6.45, 7) is 11.5. The molecule has 3 N–H and O–H groups in total. The minimum atomic E-state index is -4.59. The van der Waals surface area contributed by atoms with Crippen molar-refractivity contribution in [3.8, 4) is 0 Å². The molecule has 0 saturated heterocycles. The number of hydrogen-bond acceptors (Lipinski definition) is 6. The maximum Gasteiger partial charge on any atom is 0.416 e. The first-order chi connectivity index (χ1) is 27.9. The van der Waals surface area contributed by atoms with Gasteiger partial charge in [-0.1, -0.05) is 88.4 Å². The van der Waals surface area contributed by atoms with Crippen molar-refractivity contribution in [2.24, 2.45) is 56.7 Å². The molecule has 0 aliphatic heterocycles. The van der Waals surface area contributed by atoms with Gasteiger partial charge in [0.15, 0.2) is 5.78 Å². The average molecular weight is 816 g/mol. The molecular formula is C50H64F3NO5. The highest BCUT2D eigenvalue weighted by Crippen LogP contribution is 2.78. The number of rotatable bonds is 12. The van der Waals surface area contributed by atoms with E-state index >= 15 is 0 Å². The molecule has 12 atom stereocenters. The predicted molar refractivity (Wildman–Crippen MR) is 221 cm³/mol. The van der Waals surface area contributed by atoms with Crippen LogP contribution in [0.25, 0.3) is 0 Å². The smallest absolute Gasteiger partial charge is 0.393 e. The zero-order valence-corrected chi connectivity index (χ0v) is 35.3. The van der Waals surface area contributed by atoms with Gasteiger partial charge in [-0.3, -0.25) is 9.69 Å². The molecule has 11 rings (SSSR count). The first kappa shape index (κ1) is 41.5. The number of carbonyl (C=O) groups excluding carboxylic acids is 1. The molecule has 1 unspecified atom stereocenters. The van der Waals surface area contributed by atoms with Crippen LogP contribution in [0, 0.1) is 56.7 Å². The summed E-state index contributed by atoms with van der Waals surface area (Å²) in [5.74, 6) is 1.33. The largest absolute Gasteiger partial charge is 0.416 e. The van der Waals surface area contributed by atoms with Gasteiger partial charge in [-0.05, 0) is 122 Å². The van der Waals surface area contributed by atoms with Gasteiger partial charge < -0.3 is 20.1 Å². The van der Waals surface area contributed by atoms with Gasteiger partial charge >= 0.3 is 6.18 Å². The second-order valence-corrected chi connectivity index (χ2v) is 21.3. The third-order valence-electron chi connectivity index (χ3n) is 18.3. The molecule has 9 aliphatic carbocycles. The molecule has 4 bridgehead atoms. The fraction of sp³-hybridized carbons (Fsp3) is 0.660. The average Bonchev–Trinajstić information content (AvgIpc) is 3.47. The lowest BCUT2D eigenvalue weighted by Gasteiger charge is -2.71. The number of ketones is 1. The predicted octanol–water partition coefficient (Wildman–Crippen LogP) is 9.43. The minimum Gasteiger partial charge on any atom is -0.393 e. The van der Waals surface area contributed by atoms with Crippen LogP contribution in [0.15, 0.2) is 78.4 Å². The molecule has 6 nitrogen and oxygen atoms in total. The van der Waals surface area contributed by atoms with Crippen molar-refractivity contribution in [2.75, 3.05) is 26.2 Å². The van der Waals surface area contributed by atoms with Gasteiger partial charge in [0.1, 0.15) is 0 Å². The van der Waals surface area contributed by atoms with Crippen LogP contribution in [0.2, 0.25) is 0 Å². The van der Waals surface area contributed by atoms with E-state index in [1.54, 1.807) is 0 Å². The van der Waals surface area contributed by atoms with E-state index in [2.05, 4.69) is 50.8 Å². The number of ether oxygens (including phenoxy) is 1. The van der Waals surface area contributed by atoms with Gasteiger partial charge in [0.2, 0.25) is 0 Å². The van der Waals surface area contributed by atoms with Crippen LogP contribution in [0.1, 0.15) is 113 Å². The lowest BCUT2D eigenvalue weighted by molar-refractivity contribution is -0.179. The number of fused-ring (bicyclic) bond motifs is 3. The van der Waals surface area contributed by atoms with Crippen molar-refractivity contribution in [3.63, 3.8) is 0 Å². The fourth-order valence-corrected chi connectivity index (χ4v) is 14.9. The first-order valence-corrected chi connectivity index (χ1v) is 22.4. The molecule has 0 amide bonds. The van der Waals surface area contributed by atoms with Gasteiger partial charge in [0, 0.05) is 47.0 Å². The fourth-order valence-electron chi connectivity index (χ4n) is 14.9. The van der Waals surface area contributed by atoms with Gasteiger partial charge in [0.25, 0.3) is 0 Å². The Morgan fingerprint density at radius 2 is 1.64 bits per heavy atom. The maximum absolute atomic E-state index is 15.0. The Balaban J connectivity index is 1.04. The SMILES string of the molecule is CC1(C)[C@H]2CC[C@@H](CN(C[C@@H](O)COCc3ccccc3)C[C@]3(O)CC[C@H]4[C@]56C=C[C@@]7(C=C5C(=O)c5cccc(C(F)(F)F)c5)CC(O)CC[C@]7(C)[C@H]6CC[C@@]43C)[C@@H]1C2. The Morgan fingerprint density at radius 3 is 2.37 bits per heavy atom. The quantitative estimate of drug-likeness (QED) is 0.146. The van der Waals surface area contributed by atoms with Gasteiger partial charge in [0.05, 0.1) is 36.6 Å². The third kappa shape index (κ3) is 6.40. The summed E-state index contributed by atoms with van der Waals surface area (Å²) in [6, 6.07) is 14.8. The number of nitrogens with zero attached hydrogens (tertiary/aromatic N) is 1. The van der Waals surface area contributed by atoms with Crippen LogP contribution in [0.5, 0.6) is 0 Å². The summed E-state index contributed by atoms with van der Waals surface area (Å²) in [4.78, 5) is 17.3. The highest BCUT2D eigenvalue weighted by atomic mass is 19.4. The summed E-state index contributed by atoms with van der Waals surface area (Å²) >= 11 is 0. The first-order valence-electron chi connectivity index (χ1n) is 22.4. The van der Waals surface area contributed by atoms with E-state index in [-0.39, 0.29) is 40.6 Å². The number of aliphatic hydroxyl groups is 3. The molecule has 320 valence electrons. The summed E-state index contributed by atoms with van der Waals surface area (Å²) in [6.07, 6.45) is 8.87. The second-order valence-electron chi connectivity index (χ2n) is 21.3. The summed E-state index contributed by atoms with van der Waals surface area (Å²) < 4.78 is 48.1. The standard InChI is InChI=1S/C50H64F3NO5/c1-44(2)35-14-13-34(39(44)24-35)27-54(28-38(56)30-59-29-32-9-6-5-7-10-32)31-48(58)20-17-42-46(48,4)19-16-41-45(3)18-15-37(55)25-47(45)21-22-49(41,42)40(26-47)43(57)33-11-8-12-36(23-33)50(51,52)53/h5-12,21-23,26,34-35,37-39,41-42,55-56,58H,13-20,24-25,27-31H2,1-4H3/t34-,35-,37?,38+,39-,41+,42+,45+,46-,47-,48+,49+/m0/s1. The Labute approximate surface area is 348 Å². The Kier molecular flexibility index (Phi) is 10.1. The van der Waals surface area contributed by atoms with E-state index in [4.69, 9.17) is 4.74 Å². The zero-order chi connectivity index (χ0) is 41.8. The zero-order valence-electron chi connectivity index (χ0n) is 35.3. The minimum absolute atomic E-state index is 0.0263. The molecule has 0 aromatic heterocycles. The number of halogens is 3. The number of carbonyl (C=O) groups is 1. The molecular weight excluding hydrogens is 752 g/mol. The number of aliphatic hydroxyl groups excluding tert-OH is 2. The van der Waals surface area contributed by atoms with Gasteiger partial charge in [-0.25, -0.2) is 0 Å². The Bertz CT molecular complexity index is 2000. The number of allylic oxidation sites excluding steroid dienone is 4. The van der Waals surface area contributed by atoms with E-state index < -0.39 is 45.8 Å². The molecule has 9 heteroatoms. The Hall–Kier alpha value is -2.82. The van der Waals surface area contributed by atoms with Gasteiger partial charge in [-0.2, -0.15) is 13.2 Å². The normalized spacial score (nSPS) is 40.8. The summed E-state index contributed by atoms with van der Waals surface area (Å²) in [5, 5.41) is 35.9. The number of alkyl halides is 3. The van der Waals surface area contributed by atoms with Gasteiger partial charge in [-0.15, -0.1) is 0 Å². The van der Waals surface area contributed by atoms with Crippen molar-refractivity contribution in [3.05, 3.63) is 95.1 Å². The Morgan fingerprint density at radius 1 is 0.915 bits per heavy atom. The molecule has 6 saturated carbocycles. The van der Waals surface area contributed by atoms with E-state index in [1.165, 1.54) is 25.0 Å². The summed E-state index contributed by atoms with van der Waals surface area (Å²) in [7, 11) is 0. The highest BCUT2D eigenvalue weighted by molar-refractivity contribution is 6.10. The molecule has 2 aromatic carbocycles. The molecule has 0 radical (unpaired) electrons. The van der Waals surface area contributed by atoms with Crippen molar-refractivity contribution in [1.29, 1.82) is 0 Å². The lowest BCUT2D eigenvalue weighted by Crippen LogP contribution is -2.67. The van der Waals surface area contributed by atoms with Crippen molar-refractivity contribution in [1.82, 2.24) is 4.90 Å². The number of benzene rings is 2. The molecule has 2 aromatic rings. The van der Waals surface area contributed by atoms with Crippen LogP contribution in [0.4, 0.5) is 13.2 Å². The number of Topliss-reactive ketones (excluding diaryl/α,β-unsaturated/α-hetero) is 1. The van der Waals surface area contributed by atoms with E-state index in [0.29, 0.717) is 62.8 Å². The van der Waals surface area contributed by atoms with E-state index in [0.717, 1.165) is 55.8 Å². The van der Waals surface area contributed by atoms with Crippen LogP contribution in [-0.2, 0) is 17.5 Å². The van der Waals surface area contributed by atoms with Crippen LogP contribution >= 0.6 is 0 Å². The highest BCUT2D eigenvalue weighted by Gasteiger charge is 2.74. The van der Waals surface area contributed by atoms with Crippen LogP contribution in [-0.4, -0.2) is 70.1 Å². The van der Waals surface area contributed by atoms with Crippen molar-refractivity contribution < 1.29 is 38.0 Å². The van der Waals surface area contributed by atoms with E-state index in [1.807, 2.05) is 30.3 Å². The second kappa shape index (κ2) is 14.4. The van der Waals surface area contributed by atoms with E-state index in [9.17, 15) is 33.3 Å². The third-order valence-corrected chi connectivity index (χ3v) is 18.3. The number of hydrogen-bond donors (Lipinski definition) is 3. The molecule has 9 aliphatic rings. The van der Waals surface area contributed by atoms with Crippen molar-refractivity contribution in [2.45, 2.75) is 122 Å². The lowest BCUT2D eigenvalue weighted by atomic mass is 9.32. The van der Waals surface area contributed by atoms with Crippen molar-refractivity contribution >= 4 is 5.78 Å². The summed E-state index contributed by atoms with van der Waals surface area (Å²) in [5.41, 5.74) is -2.33. The molecule has 59 heavy (non-hydrogen) atoms. The van der Waals surface area contributed by atoms with Crippen LogP contribution in [0.3, 0.4) is 0 Å².